The summed E-state index contributed by atoms with van der Waals surface area (Å²) in [6.07, 6.45) is -0.250. The highest BCUT2D eigenvalue weighted by Gasteiger charge is 2.36. The van der Waals surface area contributed by atoms with Crippen molar-refractivity contribution in [1.82, 2.24) is 15.1 Å². The first-order chi connectivity index (χ1) is 13.8. The summed E-state index contributed by atoms with van der Waals surface area (Å²) in [5, 5.41) is 3.43. The normalized spacial score (nSPS) is 18.8. The molecule has 160 valence electrons. The van der Waals surface area contributed by atoms with Crippen LogP contribution in [-0.2, 0) is 11.3 Å². The van der Waals surface area contributed by atoms with Crippen molar-refractivity contribution in [3.05, 3.63) is 23.8 Å². The van der Waals surface area contributed by atoms with Crippen molar-refractivity contribution in [3.63, 3.8) is 0 Å². The summed E-state index contributed by atoms with van der Waals surface area (Å²) >= 11 is 0. The van der Waals surface area contributed by atoms with Crippen LogP contribution in [0.2, 0.25) is 0 Å². The van der Waals surface area contributed by atoms with Crippen LogP contribution >= 0.6 is 0 Å². The second-order valence-corrected chi connectivity index (χ2v) is 8.21. The number of hydrogen-bond acceptors (Lipinski definition) is 7. The molecule has 8 nitrogen and oxygen atoms in total. The Labute approximate surface area is 172 Å². The van der Waals surface area contributed by atoms with Gasteiger partial charge in [0, 0.05) is 26.2 Å². The third-order valence-electron chi connectivity index (χ3n) is 4.84. The number of nitrogens with zero attached hydrogens (tertiary/aromatic N) is 3. The molecule has 1 unspecified atom stereocenters. The molecule has 2 heterocycles. The maximum Gasteiger partial charge on any atom is 0.410 e. The third-order valence-corrected chi connectivity index (χ3v) is 4.84. The summed E-state index contributed by atoms with van der Waals surface area (Å²) in [6.45, 7) is 11.5. The Balaban J connectivity index is 1.55. The Hall–Kier alpha value is -2.64. The first-order valence-electron chi connectivity index (χ1n) is 10.1. The Morgan fingerprint density at radius 1 is 1.28 bits per heavy atom. The predicted octanol–water partition coefficient (Wildman–Crippen LogP) is 2.47. The van der Waals surface area contributed by atoms with Crippen LogP contribution in [0, 0.1) is 0 Å². The summed E-state index contributed by atoms with van der Waals surface area (Å²) in [6, 6.07) is 6.11. The van der Waals surface area contributed by atoms with Gasteiger partial charge in [0.25, 0.3) is 0 Å². The van der Waals surface area contributed by atoms with E-state index in [4.69, 9.17) is 14.2 Å². The van der Waals surface area contributed by atoms with Crippen LogP contribution in [0.5, 0.6) is 11.5 Å². The smallest absolute Gasteiger partial charge is 0.410 e. The number of rotatable bonds is 5. The standard InChI is InChI=1S/C21H32N4O4/c1-6-28-18-11-15(7-8-17(18)27-5)12-22-19-23-13-16-14-24(9-10-25(16)19)20(26)29-21(2,3)4/h7-8,11,16H,6,9-10,12-14H2,1-5H3,(H,22,23). The van der Waals surface area contributed by atoms with Gasteiger partial charge >= 0.3 is 6.09 Å². The zero-order chi connectivity index (χ0) is 21.0. The van der Waals surface area contributed by atoms with Crippen molar-refractivity contribution in [2.24, 2.45) is 4.99 Å². The Morgan fingerprint density at radius 3 is 2.76 bits per heavy atom. The second kappa shape index (κ2) is 8.80. The molecular weight excluding hydrogens is 372 g/mol. The van der Waals surface area contributed by atoms with E-state index in [0.717, 1.165) is 29.6 Å². The van der Waals surface area contributed by atoms with Crippen LogP contribution in [0.3, 0.4) is 0 Å². The average molecular weight is 405 g/mol. The van der Waals surface area contributed by atoms with Crippen molar-refractivity contribution in [3.8, 4) is 11.5 Å². The fourth-order valence-corrected chi connectivity index (χ4v) is 3.50. The van der Waals surface area contributed by atoms with Crippen molar-refractivity contribution >= 4 is 12.1 Å². The molecule has 0 saturated carbocycles. The molecule has 1 aromatic carbocycles. The van der Waals surface area contributed by atoms with Crippen molar-refractivity contribution in [1.29, 1.82) is 0 Å². The Morgan fingerprint density at radius 2 is 2.07 bits per heavy atom. The van der Waals surface area contributed by atoms with Gasteiger partial charge in [0.05, 0.1) is 26.3 Å². The minimum Gasteiger partial charge on any atom is -0.493 e. The van der Waals surface area contributed by atoms with Gasteiger partial charge in [0.15, 0.2) is 17.5 Å². The number of nitrogens with one attached hydrogen (secondary N) is 1. The van der Waals surface area contributed by atoms with Crippen LogP contribution < -0.4 is 14.8 Å². The van der Waals surface area contributed by atoms with E-state index in [1.165, 1.54) is 0 Å². The van der Waals surface area contributed by atoms with Gasteiger partial charge in [-0.1, -0.05) is 6.07 Å². The second-order valence-electron chi connectivity index (χ2n) is 8.21. The van der Waals surface area contributed by atoms with E-state index in [0.29, 0.717) is 32.8 Å². The van der Waals surface area contributed by atoms with Crippen LogP contribution in [-0.4, -0.2) is 73.4 Å². The number of carbonyl (C=O) groups is 1. The first-order valence-corrected chi connectivity index (χ1v) is 10.1. The number of fused-ring (bicyclic) bond motifs is 1. The monoisotopic (exact) mass is 404 g/mol. The van der Waals surface area contributed by atoms with Gasteiger partial charge in [-0.05, 0) is 45.4 Å². The largest absolute Gasteiger partial charge is 0.493 e. The molecule has 1 saturated heterocycles. The number of carbonyl (C=O) groups excluding carboxylic acids is 1. The van der Waals surface area contributed by atoms with Gasteiger partial charge in [-0.25, -0.2) is 4.79 Å². The Bertz CT molecular complexity index is 760. The van der Waals surface area contributed by atoms with E-state index < -0.39 is 5.60 Å². The molecule has 8 heteroatoms. The molecule has 0 aliphatic carbocycles. The fraction of sp³-hybridized carbons (Fsp3) is 0.619. The van der Waals surface area contributed by atoms with Crippen LogP contribution in [0.1, 0.15) is 33.3 Å². The van der Waals surface area contributed by atoms with Crippen molar-refractivity contribution < 1.29 is 19.0 Å². The quantitative estimate of drug-likeness (QED) is 0.813. The highest BCUT2D eigenvalue weighted by Crippen LogP contribution is 2.28. The highest BCUT2D eigenvalue weighted by molar-refractivity contribution is 5.82. The number of aliphatic imine (C=N–C) groups is 1. The van der Waals surface area contributed by atoms with E-state index in [1.807, 2.05) is 45.9 Å². The average Bonchev–Trinajstić information content (AvgIpc) is 3.07. The van der Waals surface area contributed by atoms with E-state index in [2.05, 4.69) is 15.2 Å². The van der Waals surface area contributed by atoms with Gasteiger partial charge < -0.3 is 29.3 Å². The molecule has 0 bridgehead atoms. The summed E-state index contributed by atoms with van der Waals surface area (Å²) in [5.41, 5.74) is 0.610. The van der Waals surface area contributed by atoms with Gasteiger partial charge in [0.1, 0.15) is 5.60 Å². The number of guanidine groups is 1. The molecule has 1 fully saturated rings. The minimum atomic E-state index is -0.480. The number of ether oxygens (including phenoxy) is 3. The molecule has 1 aromatic rings. The van der Waals surface area contributed by atoms with Crippen LogP contribution in [0.25, 0.3) is 0 Å². The predicted molar refractivity (Wildman–Crippen MR) is 112 cm³/mol. The topological polar surface area (TPSA) is 75.6 Å². The number of methoxy groups -OCH3 is 1. The SMILES string of the molecule is CCOc1cc(CNC2=NCC3CN(C(=O)OC(C)(C)C)CCN23)ccc1OC. The number of hydrogen-bond donors (Lipinski definition) is 1. The van der Waals surface area contributed by atoms with Crippen LogP contribution in [0.15, 0.2) is 23.2 Å². The minimum absolute atomic E-state index is 0.189. The van der Waals surface area contributed by atoms with Gasteiger partial charge in [-0.3, -0.25) is 4.99 Å². The van der Waals surface area contributed by atoms with E-state index >= 15 is 0 Å². The van der Waals surface area contributed by atoms with Crippen molar-refractivity contribution in [2.75, 3.05) is 39.9 Å². The fourth-order valence-electron chi connectivity index (χ4n) is 3.50. The lowest BCUT2D eigenvalue weighted by Gasteiger charge is -2.39. The highest BCUT2D eigenvalue weighted by atomic mass is 16.6. The zero-order valence-corrected chi connectivity index (χ0v) is 18.0. The number of benzene rings is 1. The molecule has 1 atom stereocenters. The van der Waals surface area contributed by atoms with E-state index in [-0.39, 0.29) is 12.1 Å². The first kappa shape index (κ1) is 21.1. The molecule has 1 amide bonds. The maximum absolute atomic E-state index is 12.3. The molecular formula is C21H32N4O4. The van der Waals surface area contributed by atoms with E-state index in [9.17, 15) is 4.79 Å². The van der Waals surface area contributed by atoms with Gasteiger partial charge in [0.2, 0.25) is 0 Å². The molecule has 3 rings (SSSR count). The van der Waals surface area contributed by atoms with Crippen molar-refractivity contribution in [2.45, 2.75) is 45.9 Å². The van der Waals surface area contributed by atoms with Gasteiger partial charge in [-0.15, -0.1) is 0 Å². The lowest BCUT2D eigenvalue weighted by atomic mass is 10.2. The third kappa shape index (κ3) is 5.25. The Kier molecular flexibility index (Phi) is 6.39. The van der Waals surface area contributed by atoms with Gasteiger partial charge in [-0.2, -0.15) is 0 Å². The lowest BCUT2D eigenvalue weighted by molar-refractivity contribution is 0.0137. The molecule has 2 aliphatic heterocycles. The van der Waals surface area contributed by atoms with E-state index in [1.54, 1.807) is 12.0 Å². The number of amides is 1. The summed E-state index contributed by atoms with van der Waals surface area (Å²) in [7, 11) is 1.64. The molecule has 0 aromatic heterocycles. The molecule has 1 N–H and O–H groups in total. The lowest BCUT2D eigenvalue weighted by Crippen LogP contribution is -2.57. The molecule has 29 heavy (non-hydrogen) atoms. The number of piperazine rings is 1. The summed E-state index contributed by atoms with van der Waals surface area (Å²) in [4.78, 5) is 21.0. The van der Waals surface area contributed by atoms with Crippen LogP contribution in [0.4, 0.5) is 4.79 Å². The molecule has 0 spiro atoms. The maximum atomic E-state index is 12.3. The summed E-state index contributed by atoms with van der Waals surface area (Å²) in [5.74, 6) is 2.35. The zero-order valence-electron chi connectivity index (χ0n) is 18.0. The molecule has 0 radical (unpaired) electrons. The summed E-state index contributed by atoms with van der Waals surface area (Å²) < 4.78 is 16.5. The molecule has 2 aliphatic rings.